The molecule has 6 nitrogen and oxygen atoms in total. The molecule has 3 aromatic carbocycles. The fourth-order valence-electron chi connectivity index (χ4n) is 5.16. The Morgan fingerprint density at radius 3 is 2.40 bits per heavy atom. The molecule has 40 heavy (non-hydrogen) atoms. The van der Waals surface area contributed by atoms with Crippen molar-refractivity contribution in [2.45, 2.75) is 46.8 Å². The Hall–Kier alpha value is -3.68. The Morgan fingerprint density at radius 2 is 1.75 bits per heavy atom. The lowest BCUT2D eigenvalue weighted by Gasteiger charge is -2.29. The van der Waals surface area contributed by atoms with Crippen molar-refractivity contribution < 1.29 is 9.53 Å². The Balaban J connectivity index is 1.72. The van der Waals surface area contributed by atoms with E-state index in [0.717, 1.165) is 27.6 Å². The van der Waals surface area contributed by atoms with E-state index in [-0.39, 0.29) is 17.6 Å². The van der Waals surface area contributed by atoms with Gasteiger partial charge in [0.25, 0.3) is 11.5 Å². The molecular formula is C32H32ClN3O3S. The molecule has 206 valence electrons. The third-order valence-corrected chi connectivity index (χ3v) is 8.29. The molecule has 1 amide bonds. The Bertz CT molecular complexity index is 1800. The number of allylic oxidation sites excluding steroid dienone is 1. The van der Waals surface area contributed by atoms with Crippen LogP contribution in [0, 0.1) is 0 Å². The highest BCUT2D eigenvalue weighted by Crippen LogP contribution is 2.32. The van der Waals surface area contributed by atoms with Crippen LogP contribution in [-0.4, -0.2) is 34.6 Å². The number of nitrogens with zero attached hydrogens (tertiary/aromatic N) is 3. The van der Waals surface area contributed by atoms with E-state index in [2.05, 4.69) is 0 Å². The zero-order valence-electron chi connectivity index (χ0n) is 23.3. The van der Waals surface area contributed by atoms with Gasteiger partial charge in [-0.3, -0.25) is 14.2 Å². The number of aromatic nitrogens is 1. The molecule has 0 fully saturated rings. The number of halogens is 1. The lowest BCUT2D eigenvalue weighted by Crippen LogP contribution is -2.43. The van der Waals surface area contributed by atoms with Crippen LogP contribution in [-0.2, 0) is 4.79 Å². The summed E-state index contributed by atoms with van der Waals surface area (Å²) in [6.45, 7) is 10.9. The fraction of sp³-hybridized carbons (Fsp3) is 0.281. The van der Waals surface area contributed by atoms with Gasteiger partial charge < -0.3 is 9.64 Å². The molecule has 1 aliphatic rings. The van der Waals surface area contributed by atoms with Gasteiger partial charge in [0.05, 0.1) is 27.9 Å². The number of hydrogen-bond donors (Lipinski definition) is 0. The molecule has 1 aliphatic heterocycles. The molecular weight excluding hydrogens is 542 g/mol. The molecule has 1 atom stereocenters. The Labute approximate surface area is 242 Å². The number of thiazole rings is 1. The van der Waals surface area contributed by atoms with Crippen molar-refractivity contribution in [2.24, 2.45) is 4.99 Å². The highest BCUT2D eigenvalue weighted by atomic mass is 35.5. The van der Waals surface area contributed by atoms with Gasteiger partial charge in [0.1, 0.15) is 5.75 Å². The third kappa shape index (κ3) is 5.11. The van der Waals surface area contributed by atoms with Crippen molar-refractivity contribution in [3.05, 3.63) is 108 Å². The van der Waals surface area contributed by atoms with E-state index >= 15 is 0 Å². The number of likely N-dealkylation sites (N-methyl/N-ethyl adjacent to an activating group) is 1. The van der Waals surface area contributed by atoms with Gasteiger partial charge in [-0.15, -0.1) is 0 Å². The zero-order valence-corrected chi connectivity index (χ0v) is 24.8. The van der Waals surface area contributed by atoms with E-state index in [1.807, 2.05) is 89.2 Å². The average Bonchev–Trinajstić information content (AvgIpc) is 3.24. The van der Waals surface area contributed by atoms with Gasteiger partial charge in [-0.1, -0.05) is 65.4 Å². The predicted molar refractivity (Wildman–Crippen MR) is 163 cm³/mol. The summed E-state index contributed by atoms with van der Waals surface area (Å²) in [4.78, 5) is 34.9. The van der Waals surface area contributed by atoms with Crippen molar-refractivity contribution in [3.8, 4) is 5.75 Å². The van der Waals surface area contributed by atoms with Crippen molar-refractivity contribution in [3.63, 3.8) is 0 Å². The molecule has 8 heteroatoms. The van der Waals surface area contributed by atoms with Gasteiger partial charge in [0, 0.05) is 23.5 Å². The fourth-order valence-corrected chi connectivity index (χ4v) is 6.32. The molecule has 1 aromatic heterocycles. The minimum Gasteiger partial charge on any atom is -0.490 e. The van der Waals surface area contributed by atoms with Gasteiger partial charge in [0.2, 0.25) is 0 Å². The molecule has 5 rings (SSSR count). The molecule has 0 spiro atoms. The highest BCUT2D eigenvalue weighted by molar-refractivity contribution is 7.07. The summed E-state index contributed by atoms with van der Waals surface area (Å²) in [5.41, 5.74) is 2.65. The van der Waals surface area contributed by atoms with E-state index in [9.17, 15) is 9.59 Å². The molecule has 0 radical (unpaired) electrons. The van der Waals surface area contributed by atoms with Crippen molar-refractivity contribution in [2.75, 3.05) is 13.1 Å². The second-order valence-corrected chi connectivity index (χ2v) is 11.4. The Morgan fingerprint density at radius 1 is 1.07 bits per heavy atom. The van der Waals surface area contributed by atoms with Crippen LogP contribution in [0.15, 0.2) is 81.7 Å². The summed E-state index contributed by atoms with van der Waals surface area (Å²) in [7, 11) is 0. The maximum absolute atomic E-state index is 14.1. The zero-order chi connectivity index (χ0) is 28.6. The summed E-state index contributed by atoms with van der Waals surface area (Å²) >= 11 is 7.53. The van der Waals surface area contributed by atoms with Gasteiger partial charge in [-0.05, 0) is 75.4 Å². The maximum atomic E-state index is 14.1. The molecule has 0 bridgehead atoms. The van der Waals surface area contributed by atoms with Crippen molar-refractivity contribution in [1.82, 2.24) is 9.47 Å². The van der Waals surface area contributed by atoms with Crippen LogP contribution in [0.4, 0.5) is 0 Å². The number of hydrogen-bond acceptors (Lipinski definition) is 5. The minimum atomic E-state index is -0.609. The first-order valence-corrected chi connectivity index (χ1v) is 14.7. The monoisotopic (exact) mass is 573 g/mol. The molecule has 0 saturated heterocycles. The van der Waals surface area contributed by atoms with Crippen LogP contribution in [0.25, 0.3) is 16.8 Å². The van der Waals surface area contributed by atoms with E-state index in [4.69, 9.17) is 21.3 Å². The SMILES string of the molecule is CCN(CC)C(=O)C1=C(C)N=c2s/c(=C/c3ccc(OC(C)C)c4ccccc34)c(=O)n2[C@H]1c1ccc(Cl)cc1. The smallest absolute Gasteiger partial charge is 0.271 e. The normalized spacial score (nSPS) is 15.4. The van der Waals surface area contributed by atoms with Crippen molar-refractivity contribution >= 4 is 45.7 Å². The number of fused-ring (bicyclic) bond motifs is 2. The number of ether oxygens (including phenoxy) is 1. The van der Waals surface area contributed by atoms with Gasteiger partial charge >= 0.3 is 0 Å². The molecule has 4 aromatic rings. The van der Waals surface area contributed by atoms with Crippen LogP contribution >= 0.6 is 22.9 Å². The highest BCUT2D eigenvalue weighted by Gasteiger charge is 2.34. The molecule has 0 N–H and O–H groups in total. The van der Waals surface area contributed by atoms with Crippen LogP contribution in [0.5, 0.6) is 5.75 Å². The first-order valence-electron chi connectivity index (χ1n) is 13.5. The molecule has 2 heterocycles. The van der Waals surface area contributed by atoms with Crippen LogP contribution in [0.2, 0.25) is 5.02 Å². The maximum Gasteiger partial charge on any atom is 0.271 e. The number of amides is 1. The minimum absolute atomic E-state index is 0.0438. The summed E-state index contributed by atoms with van der Waals surface area (Å²) in [6, 6.07) is 18.7. The number of carbonyl (C=O) groups is 1. The van der Waals surface area contributed by atoms with E-state index in [1.165, 1.54) is 11.3 Å². The van der Waals surface area contributed by atoms with Gasteiger partial charge in [-0.2, -0.15) is 0 Å². The summed E-state index contributed by atoms with van der Waals surface area (Å²) in [6.07, 6.45) is 1.96. The van der Waals surface area contributed by atoms with E-state index in [0.29, 0.717) is 38.7 Å². The number of rotatable bonds is 7. The average molecular weight is 574 g/mol. The van der Waals surface area contributed by atoms with Crippen LogP contribution in [0.3, 0.4) is 0 Å². The Kier molecular flexibility index (Phi) is 7.97. The summed E-state index contributed by atoms with van der Waals surface area (Å²) < 4.78 is 8.24. The predicted octanol–water partition coefficient (Wildman–Crippen LogP) is 5.70. The third-order valence-electron chi connectivity index (χ3n) is 7.06. The van der Waals surface area contributed by atoms with E-state index in [1.54, 1.807) is 21.6 Å². The number of carbonyl (C=O) groups excluding carboxylic acids is 1. The van der Waals surface area contributed by atoms with E-state index < -0.39 is 6.04 Å². The van der Waals surface area contributed by atoms with Crippen molar-refractivity contribution in [1.29, 1.82) is 0 Å². The van der Waals surface area contributed by atoms with Crippen LogP contribution < -0.4 is 19.6 Å². The summed E-state index contributed by atoms with van der Waals surface area (Å²) in [5.74, 6) is 0.689. The second-order valence-electron chi connectivity index (χ2n) is 9.98. The second kappa shape index (κ2) is 11.4. The lowest BCUT2D eigenvalue weighted by atomic mass is 9.94. The quantitative estimate of drug-likeness (QED) is 0.285. The molecule has 0 saturated carbocycles. The number of benzene rings is 3. The standard InChI is InChI=1S/C32H32ClN3O3S/c1-6-35(7-2)31(38)28-20(5)34-32-36(29(28)21-12-15-23(33)16-13-21)30(37)27(40-32)18-22-14-17-26(39-19(3)4)25-11-9-8-10-24(22)25/h8-19,29H,6-7H2,1-5H3/b27-18+/t29-/m0/s1. The first kappa shape index (κ1) is 27.9. The first-order chi connectivity index (χ1) is 19.2. The summed E-state index contributed by atoms with van der Waals surface area (Å²) in [5, 5.41) is 2.57. The molecule has 0 aliphatic carbocycles. The lowest BCUT2D eigenvalue weighted by molar-refractivity contribution is -0.127. The van der Waals surface area contributed by atoms with Crippen LogP contribution in [0.1, 0.15) is 51.8 Å². The van der Waals surface area contributed by atoms with Gasteiger partial charge in [0.15, 0.2) is 4.80 Å². The largest absolute Gasteiger partial charge is 0.490 e. The van der Waals surface area contributed by atoms with Gasteiger partial charge in [-0.25, -0.2) is 4.99 Å². The topological polar surface area (TPSA) is 63.9 Å². The molecule has 0 unspecified atom stereocenters.